The second-order valence-electron chi connectivity index (χ2n) is 6.06. The number of aliphatic carboxylic acids is 1. The lowest BCUT2D eigenvalue weighted by Crippen LogP contribution is -2.46. The fourth-order valence-corrected chi connectivity index (χ4v) is 2.35. The molecule has 2 atom stereocenters. The maximum Gasteiger partial charge on any atom is 0.326 e. The van der Waals surface area contributed by atoms with Crippen LogP contribution in [0.25, 0.3) is 10.9 Å². The molecule has 0 saturated carbocycles. The lowest BCUT2D eigenvalue weighted by Gasteiger charge is -2.19. The van der Waals surface area contributed by atoms with Crippen LogP contribution < -0.4 is 10.9 Å². The topological polar surface area (TPSA) is 114 Å². The summed E-state index contributed by atoms with van der Waals surface area (Å²) in [7, 11) is 0. The molecular weight excluding hydrogens is 312 g/mol. The van der Waals surface area contributed by atoms with Gasteiger partial charge in [0.15, 0.2) is 0 Å². The Morgan fingerprint density at radius 3 is 2.54 bits per heavy atom. The van der Waals surface area contributed by atoms with E-state index in [9.17, 15) is 19.5 Å². The average molecular weight is 332 g/mol. The highest BCUT2D eigenvalue weighted by atomic mass is 16.4. The van der Waals surface area contributed by atoms with E-state index in [1.54, 1.807) is 24.3 Å². The molecule has 2 rings (SSSR count). The second-order valence-corrected chi connectivity index (χ2v) is 6.06. The van der Waals surface area contributed by atoms with E-state index in [4.69, 9.17) is 0 Å². The summed E-state index contributed by atoms with van der Waals surface area (Å²) < 4.78 is 0.964. The molecule has 0 bridgehead atoms. The van der Waals surface area contributed by atoms with Crippen molar-refractivity contribution in [1.82, 2.24) is 20.3 Å². The van der Waals surface area contributed by atoms with E-state index < -0.39 is 29.5 Å². The molecule has 8 heteroatoms. The molecule has 1 amide bonds. The Balaban J connectivity index is 2.26. The predicted octanol–water partition coefficient (Wildman–Crippen LogP) is 0.968. The standard InChI is InChI=1S/C16H20N4O4/c1-9(2)8-13(16(23)24)17-14(21)10(3)20-15(22)11-6-4-5-7-12(11)18-19-20/h4-7,9-10,13H,8H2,1-3H3,(H,17,21)(H,23,24)/t10-,13-/m1/s1. The van der Waals surface area contributed by atoms with Gasteiger partial charge in [0, 0.05) is 0 Å². The van der Waals surface area contributed by atoms with Gasteiger partial charge < -0.3 is 10.4 Å². The average Bonchev–Trinajstić information content (AvgIpc) is 2.53. The number of carbonyl (C=O) groups is 2. The van der Waals surface area contributed by atoms with Crippen molar-refractivity contribution in [3.63, 3.8) is 0 Å². The molecule has 0 spiro atoms. The first-order valence-electron chi connectivity index (χ1n) is 7.68. The summed E-state index contributed by atoms with van der Waals surface area (Å²) in [4.78, 5) is 36.0. The summed E-state index contributed by atoms with van der Waals surface area (Å²) in [6.45, 7) is 5.21. The quantitative estimate of drug-likeness (QED) is 0.814. The van der Waals surface area contributed by atoms with Crippen LogP contribution >= 0.6 is 0 Å². The van der Waals surface area contributed by atoms with Gasteiger partial charge in [-0.1, -0.05) is 31.2 Å². The van der Waals surface area contributed by atoms with Crippen LogP contribution in [0.5, 0.6) is 0 Å². The van der Waals surface area contributed by atoms with Gasteiger partial charge >= 0.3 is 5.97 Å². The van der Waals surface area contributed by atoms with E-state index in [1.165, 1.54) is 6.92 Å². The SMILES string of the molecule is CC(C)C[C@@H](NC(=O)[C@@H](C)n1nnc2ccccc2c1=O)C(=O)O. The Morgan fingerprint density at radius 2 is 1.92 bits per heavy atom. The second kappa shape index (κ2) is 7.20. The first-order valence-corrected chi connectivity index (χ1v) is 7.68. The lowest BCUT2D eigenvalue weighted by atomic mass is 10.0. The van der Waals surface area contributed by atoms with Crippen molar-refractivity contribution in [2.45, 2.75) is 39.3 Å². The van der Waals surface area contributed by atoms with Crippen LogP contribution in [0.4, 0.5) is 0 Å². The Hall–Kier alpha value is -2.77. The molecule has 0 aliphatic heterocycles. The molecule has 0 unspecified atom stereocenters. The third-order valence-corrected chi connectivity index (χ3v) is 3.66. The molecular formula is C16H20N4O4. The monoisotopic (exact) mass is 332 g/mol. The van der Waals surface area contributed by atoms with Gasteiger partial charge in [-0.2, -0.15) is 4.68 Å². The highest BCUT2D eigenvalue weighted by molar-refractivity contribution is 5.86. The molecule has 1 aromatic heterocycles. The highest BCUT2D eigenvalue weighted by Crippen LogP contribution is 2.09. The van der Waals surface area contributed by atoms with Crippen LogP contribution in [0.2, 0.25) is 0 Å². The van der Waals surface area contributed by atoms with Crippen molar-refractivity contribution in [1.29, 1.82) is 0 Å². The molecule has 2 N–H and O–H groups in total. The fourth-order valence-electron chi connectivity index (χ4n) is 2.35. The number of aromatic nitrogens is 3. The van der Waals surface area contributed by atoms with Crippen LogP contribution in [0.15, 0.2) is 29.1 Å². The number of hydrogen-bond donors (Lipinski definition) is 2. The number of benzene rings is 1. The van der Waals surface area contributed by atoms with Gasteiger partial charge in [-0.3, -0.25) is 9.59 Å². The van der Waals surface area contributed by atoms with Crippen molar-refractivity contribution < 1.29 is 14.7 Å². The summed E-state index contributed by atoms with van der Waals surface area (Å²) in [5, 5.41) is 19.7. The third kappa shape index (κ3) is 3.76. The molecule has 0 fully saturated rings. The van der Waals surface area contributed by atoms with Gasteiger partial charge in [-0.25, -0.2) is 4.79 Å². The van der Waals surface area contributed by atoms with Gasteiger partial charge in [0.05, 0.1) is 5.39 Å². The van der Waals surface area contributed by atoms with Gasteiger partial charge in [0.2, 0.25) is 5.91 Å². The highest BCUT2D eigenvalue weighted by Gasteiger charge is 2.26. The number of hydrogen-bond acceptors (Lipinski definition) is 5. The first-order chi connectivity index (χ1) is 11.3. The number of fused-ring (bicyclic) bond motifs is 1. The molecule has 0 radical (unpaired) electrons. The summed E-state index contributed by atoms with van der Waals surface area (Å²) in [5.74, 6) is -1.60. The molecule has 0 aliphatic carbocycles. The van der Waals surface area contributed by atoms with Crippen LogP contribution in [0.1, 0.15) is 33.2 Å². The van der Waals surface area contributed by atoms with Gasteiger partial charge in [0.25, 0.3) is 5.56 Å². The Morgan fingerprint density at radius 1 is 1.25 bits per heavy atom. The van der Waals surface area contributed by atoms with Crippen molar-refractivity contribution in [3.05, 3.63) is 34.6 Å². The minimum absolute atomic E-state index is 0.102. The molecule has 1 aromatic carbocycles. The zero-order valence-electron chi connectivity index (χ0n) is 13.8. The van der Waals surface area contributed by atoms with Gasteiger partial charge in [0.1, 0.15) is 17.6 Å². The number of carbonyl (C=O) groups excluding carboxylic acids is 1. The fraction of sp³-hybridized carbons (Fsp3) is 0.438. The van der Waals surface area contributed by atoms with E-state index in [2.05, 4.69) is 15.6 Å². The zero-order valence-corrected chi connectivity index (χ0v) is 13.8. The van der Waals surface area contributed by atoms with E-state index in [1.807, 2.05) is 13.8 Å². The smallest absolute Gasteiger partial charge is 0.326 e. The molecule has 24 heavy (non-hydrogen) atoms. The van der Waals surface area contributed by atoms with E-state index in [-0.39, 0.29) is 5.92 Å². The summed E-state index contributed by atoms with van der Waals surface area (Å²) in [6, 6.07) is 4.71. The number of rotatable bonds is 6. The van der Waals surface area contributed by atoms with Gasteiger partial charge in [-0.05, 0) is 31.4 Å². The summed E-state index contributed by atoms with van der Waals surface area (Å²) >= 11 is 0. The lowest BCUT2D eigenvalue weighted by molar-refractivity contribution is -0.142. The van der Waals surface area contributed by atoms with E-state index >= 15 is 0 Å². The zero-order chi connectivity index (χ0) is 17.9. The minimum Gasteiger partial charge on any atom is -0.480 e. The van der Waals surface area contributed by atoms with Gasteiger partial charge in [-0.15, -0.1) is 5.10 Å². The number of carboxylic acid groups (broad SMARTS) is 1. The van der Waals surface area contributed by atoms with Crippen LogP contribution in [-0.4, -0.2) is 38.0 Å². The van der Waals surface area contributed by atoms with E-state index in [0.717, 1.165) is 4.68 Å². The minimum atomic E-state index is -1.11. The maximum atomic E-state index is 12.4. The predicted molar refractivity (Wildman–Crippen MR) is 87.5 cm³/mol. The molecule has 2 aromatic rings. The first kappa shape index (κ1) is 17.6. The maximum absolute atomic E-state index is 12.4. The molecule has 1 heterocycles. The van der Waals surface area contributed by atoms with Crippen LogP contribution in [0, 0.1) is 5.92 Å². The van der Waals surface area contributed by atoms with Crippen LogP contribution in [0.3, 0.4) is 0 Å². The number of nitrogens with zero attached hydrogens (tertiary/aromatic N) is 3. The number of nitrogens with one attached hydrogen (secondary N) is 1. The molecule has 0 aliphatic rings. The van der Waals surface area contributed by atoms with Crippen molar-refractivity contribution in [2.75, 3.05) is 0 Å². The number of carboxylic acids is 1. The molecule has 8 nitrogen and oxygen atoms in total. The number of amides is 1. The van der Waals surface area contributed by atoms with E-state index in [0.29, 0.717) is 17.3 Å². The normalized spacial score (nSPS) is 13.7. The molecule has 0 saturated heterocycles. The summed E-state index contributed by atoms with van der Waals surface area (Å²) in [6.07, 6.45) is 0.298. The van der Waals surface area contributed by atoms with Crippen molar-refractivity contribution in [3.8, 4) is 0 Å². The Bertz CT molecular complexity index is 815. The summed E-state index contributed by atoms with van der Waals surface area (Å²) in [5.41, 5.74) is -0.00596. The Kier molecular flexibility index (Phi) is 5.28. The molecule has 128 valence electrons. The van der Waals surface area contributed by atoms with Crippen molar-refractivity contribution in [2.24, 2.45) is 5.92 Å². The van der Waals surface area contributed by atoms with Crippen molar-refractivity contribution >= 4 is 22.8 Å². The largest absolute Gasteiger partial charge is 0.480 e. The Labute approximate surface area is 138 Å². The third-order valence-electron chi connectivity index (χ3n) is 3.66. The van der Waals surface area contributed by atoms with Crippen LogP contribution in [-0.2, 0) is 9.59 Å².